The second-order valence-electron chi connectivity index (χ2n) is 1.88. The molecule has 0 amide bonds. The molecule has 1 aliphatic rings. The Morgan fingerprint density at radius 2 is 2.56 bits per heavy atom. The maximum absolute atomic E-state index is 10.2. The molecule has 0 radical (unpaired) electrons. The fraction of sp³-hybridized carbons (Fsp3) is 0.600. The smallest absolute Gasteiger partial charge is 0.352 e. The molecule has 1 heterocycles. The predicted molar refractivity (Wildman–Crippen MR) is 32.3 cm³/mol. The Kier molecular flexibility index (Phi) is 1.67. The molecule has 0 spiro atoms. The zero-order valence-corrected chi connectivity index (χ0v) is 4.92. The maximum Gasteiger partial charge on any atom is 0.352 e. The zero-order chi connectivity index (χ0) is 6.69. The minimum Gasteiger partial charge on any atom is -0.477 e. The summed E-state index contributed by atoms with van der Waals surface area (Å²) in [5.74, 6) is -0.915. The molecule has 0 saturated carbocycles. The highest BCUT2D eigenvalue weighted by Gasteiger charge is 2.11. The number of nitrogens with zero attached hydrogens (tertiary/aromatic N) is 1. The lowest BCUT2D eigenvalue weighted by Crippen LogP contribution is -2.24. The molecule has 0 aromatic heterocycles. The van der Waals surface area contributed by atoms with Crippen LogP contribution in [0.5, 0.6) is 0 Å². The molecular formula is C5H8N2O2. The number of aliphatic carboxylic acids is 1. The summed E-state index contributed by atoms with van der Waals surface area (Å²) in [6.45, 7) is 0.788. The van der Waals surface area contributed by atoms with Gasteiger partial charge in [0.15, 0.2) is 0 Å². The highest BCUT2D eigenvalue weighted by Crippen LogP contribution is 1.96. The van der Waals surface area contributed by atoms with E-state index in [-0.39, 0.29) is 5.71 Å². The highest BCUT2D eigenvalue weighted by atomic mass is 16.4. The van der Waals surface area contributed by atoms with Gasteiger partial charge in [-0.15, -0.1) is 0 Å². The van der Waals surface area contributed by atoms with E-state index >= 15 is 0 Å². The van der Waals surface area contributed by atoms with Crippen molar-refractivity contribution >= 4 is 11.7 Å². The van der Waals surface area contributed by atoms with Crippen molar-refractivity contribution in [2.75, 3.05) is 6.54 Å². The van der Waals surface area contributed by atoms with E-state index in [1.54, 1.807) is 0 Å². The molecule has 0 aromatic carbocycles. The van der Waals surface area contributed by atoms with Crippen LogP contribution in [0, 0.1) is 0 Å². The first kappa shape index (κ1) is 6.07. The van der Waals surface area contributed by atoms with Crippen molar-refractivity contribution in [3.05, 3.63) is 0 Å². The van der Waals surface area contributed by atoms with Crippen LogP contribution in [0.4, 0.5) is 0 Å². The van der Waals surface area contributed by atoms with Gasteiger partial charge in [-0.25, -0.2) is 4.79 Å². The SMILES string of the molecule is O=C(O)C1=NNCCC1. The number of hydrazone groups is 1. The summed E-state index contributed by atoms with van der Waals surface area (Å²) in [4.78, 5) is 10.2. The van der Waals surface area contributed by atoms with Crippen LogP contribution in [0.2, 0.25) is 0 Å². The summed E-state index contributed by atoms with van der Waals surface area (Å²) in [6, 6.07) is 0. The van der Waals surface area contributed by atoms with Crippen molar-refractivity contribution in [1.29, 1.82) is 0 Å². The maximum atomic E-state index is 10.2. The lowest BCUT2D eigenvalue weighted by molar-refractivity contribution is -0.129. The first-order chi connectivity index (χ1) is 4.30. The van der Waals surface area contributed by atoms with Gasteiger partial charge in [-0.05, 0) is 6.42 Å². The third-order valence-corrected chi connectivity index (χ3v) is 1.16. The van der Waals surface area contributed by atoms with E-state index < -0.39 is 5.97 Å². The quantitative estimate of drug-likeness (QED) is 0.514. The molecule has 0 aliphatic carbocycles. The first-order valence-corrected chi connectivity index (χ1v) is 2.83. The molecule has 0 atom stereocenters. The van der Waals surface area contributed by atoms with Gasteiger partial charge in [-0.2, -0.15) is 5.10 Å². The predicted octanol–water partition coefficient (Wildman–Crippen LogP) is -0.190. The van der Waals surface area contributed by atoms with Gasteiger partial charge in [0.25, 0.3) is 0 Å². The summed E-state index contributed by atoms with van der Waals surface area (Å²) in [5, 5.41) is 12.0. The fourth-order valence-corrected chi connectivity index (χ4v) is 0.697. The van der Waals surface area contributed by atoms with Crippen LogP contribution >= 0.6 is 0 Å². The van der Waals surface area contributed by atoms with Gasteiger partial charge in [0.05, 0.1) is 0 Å². The van der Waals surface area contributed by atoms with Crippen LogP contribution < -0.4 is 5.43 Å². The van der Waals surface area contributed by atoms with Gasteiger partial charge in [0.2, 0.25) is 0 Å². The minimum atomic E-state index is -0.915. The second kappa shape index (κ2) is 2.48. The molecule has 0 fully saturated rings. The molecule has 2 N–H and O–H groups in total. The van der Waals surface area contributed by atoms with E-state index in [9.17, 15) is 4.79 Å². The van der Waals surface area contributed by atoms with Gasteiger partial charge >= 0.3 is 5.97 Å². The Balaban J connectivity index is 2.57. The average molecular weight is 128 g/mol. The largest absolute Gasteiger partial charge is 0.477 e. The van der Waals surface area contributed by atoms with Crippen molar-refractivity contribution in [2.24, 2.45) is 5.10 Å². The Morgan fingerprint density at radius 1 is 1.78 bits per heavy atom. The van der Waals surface area contributed by atoms with Crippen LogP contribution in [0.3, 0.4) is 0 Å². The summed E-state index contributed by atoms with van der Waals surface area (Å²) >= 11 is 0. The van der Waals surface area contributed by atoms with E-state index in [0.29, 0.717) is 6.42 Å². The van der Waals surface area contributed by atoms with Crippen LogP contribution in [-0.4, -0.2) is 23.3 Å². The molecule has 4 heteroatoms. The van der Waals surface area contributed by atoms with Crippen molar-refractivity contribution in [1.82, 2.24) is 5.43 Å². The molecule has 0 saturated heterocycles. The number of nitrogens with one attached hydrogen (secondary N) is 1. The van der Waals surface area contributed by atoms with E-state index in [1.165, 1.54) is 0 Å². The average Bonchev–Trinajstić information content (AvgIpc) is 1.90. The number of carbonyl (C=O) groups is 1. The number of carboxylic acids is 1. The number of hydrogen-bond donors (Lipinski definition) is 2. The van der Waals surface area contributed by atoms with Crippen molar-refractivity contribution in [2.45, 2.75) is 12.8 Å². The third kappa shape index (κ3) is 1.42. The molecule has 0 aromatic rings. The molecular weight excluding hydrogens is 120 g/mol. The Morgan fingerprint density at radius 3 is 2.89 bits per heavy atom. The Hall–Kier alpha value is -1.06. The van der Waals surface area contributed by atoms with Crippen molar-refractivity contribution in [3.8, 4) is 0 Å². The van der Waals surface area contributed by atoms with Crippen molar-refractivity contribution < 1.29 is 9.90 Å². The topological polar surface area (TPSA) is 61.7 Å². The Labute approximate surface area is 52.6 Å². The number of carboxylic acid groups (broad SMARTS) is 1. The van der Waals surface area contributed by atoms with Gasteiger partial charge in [-0.3, -0.25) is 0 Å². The molecule has 1 aliphatic heterocycles. The van der Waals surface area contributed by atoms with Gasteiger partial charge in [0.1, 0.15) is 5.71 Å². The fourth-order valence-electron chi connectivity index (χ4n) is 0.697. The molecule has 1 rings (SSSR count). The van der Waals surface area contributed by atoms with Gasteiger partial charge in [0, 0.05) is 13.0 Å². The van der Waals surface area contributed by atoms with Crippen LogP contribution in [0.15, 0.2) is 5.10 Å². The minimum absolute atomic E-state index is 0.237. The monoisotopic (exact) mass is 128 g/mol. The third-order valence-electron chi connectivity index (χ3n) is 1.16. The molecule has 0 unspecified atom stereocenters. The second-order valence-corrected chi connectivity index (χ2v) is 1.88. The standard InChI is InChI=1S/C5H8N2O2/c8-5(9)4-2-1-3-6-7-4/h6H,1-3H2,(H,8,9). The summed E-state index contributed by atoms with van der Waals surface area (Å²) in [5.41, 5.74) is 2.86. The van der Waals surface area contributed by atoms with E-state index in [0.717, 1.165) is 13.0 Å². The van der Waals surface area contributed by atoms with Crippen LogP contribution in [0.1, 0.15) is 12.8 Å². The molecule has 50 valence electrons. The van der Waals surface area contributed by atoms with E-state index in [1.807, 2.05) is 0 Å². The lowest BCUT2D eigenvalue weighted by Gasteiger charge is -2.07. The summed E-state index contributed by atoms with van der Waals surface area (Å²) in [7, 11) is 0. The summed E-state index contributed by atoms with van der Waals surface area (Å²) < 4.78 is 0. The van der Waals surface area contributed by atoms with E-state index in [4.69, 9.17) is 5.11 Å². The van der Waals surface area contributed by atoms with Gasteiger partial charge < -0.3 is 10.5 Å². The normalized spacial score (nSPS) is 18.0. The molecule has 9 heavy (non-hydrogen) atoms. The number of rotatable bonds is 1. The highest BCUT2D eigenvalue weighted by molar-refractivity contribution is 6.35. The Bertz CT molecular complexity index is 153. The molecule has 0 bridgehead atoms. The first-order valence-electron chi connectivity index (χ1n) is 2.83. The van der Waals surface area contributed by atoms with Gasteiger partial charge in [-0.1, -0.05) is 0 Å². The van der Waals surface area contributed by atoms with Crippen LogP contribution in [0.25, 0.3) is 0 Å². The number of hydrogen-bond acceptors (Lipinski definition) is 3. The van der Waals surface area contributed by atoms with Crippen LogP contribution in [-0.2, 0) is 4.79 Å². The molecule has 4 nitrogen and oxygen atoms in total. The summed E-state index contributed by atoms with van der Waals surface area (Å²) in [6.07, 6.45) is 1.45. The van der Waals surface area contributed by atoms with E-state index in [2.05, 4.69) is 10.5 Å². The van der Waals surface area contributed by atoms with Crippen molar-refractivity contribution in [3.63, 3.8) is 0 Å². The lowest BCUT2D eigenvalue weighted by atomic mass is 10.2. The zero-order valence-electron chi connectivity index (χ0n) is 4.92.